The fourth-order valence-corrected chi connectivity index (χ4v) is 4.23. The van der Waals surface area contributed by atoms with E-state index >= 15 is 0 Å². The second-order valence-electron chi connectivity index (χ2n) is 6.22. The molecule has 3 rings (SSSR count). The van der Waals surface area contributed by atoms with Crippen molar-refractivity contribution in [2.24, 2.45) is 0 Å². The van der Waals surface area contributed by atoms with Gasteiger partial charge in [-0.1, -0.05) is 26.0 Å². The van der Waals surface area contributed by atoms with E-state index in [1.807, 2.05) is 12.1 Å². The van der Waals surface area contributed by atoms with Crippen molar-refractivity contribution in [3.8, 4) is 5.75 Å². The topological polar surface area (TPSA) is 68.5 Å². The molecule has 0 spiro atoms. The maximum absolute atomic E-state index is 13.1. The van der Waals surface area contributed by atoms with Crippen LogP contribution in [0.3, 0.4) is 0 Å². The van der Waals surface area contributed by atoms with Crippen LogP contribution in [0.25, 0.3) is 10.9 Å². The van der Waals surface area contributed by atoms with Crippen LogP contribution in [0.15, 0.2) is 53.6 Å². The molecule has 132 valence electrons. The lowest BCUT2D eigenvalue weighted by molar-refractivity contribution is 0.283. The molecule has 0 aliphatic heterocycles. The first-order valence-electron chi connectivity index (χ1n) is 8.03. The molecule has 2 aromatic carbocycles. The fraction of sp³-hybridized carbons (Fsp3) is 0.263. The van der Waals surface area contributed by atoms with Crippen molar-refractivity contribution in [3.05, 3.63) is 59.8 Å². The van der Waals surface area contributed by atoms with E-state index in [-0.39, 0.29) is 11.5 Å². The van der Waals surface area contributed by atoms with Gasteiger partial charge in [0.1, 0.15) is 5.75 Å². The Balaban J connectivity index is 2.17. The summed E-state index contributed by atoms with van der Waals surface area (Å²) in [7, 11) is -2.21. The van der Waals surface area contributed by atoms with Gasteiger partial charge in [0.25, 0.3) is 10.0 Å². The first-order chi connectivity index (χ1) is 11.9. The lowest BCUT2D eigenvalue weighted by Gasteiger charge is -2.10. The number of methoxy groups -OCH3 is 1. The van der Waals surface area contributed by atoms with Crippen molar-refractivity contribution >= 4 is 20.9 Å². The van der Waals surface area contributed by atoms with Gasteiger partial charge in [-0.2, -0.15) is 0 Å². The molecule has 0 saturated carbocycles. The normalized spacial score (nSPS) is 12.0. The van der Waals surface area contributed by atoms with Crippen LogP contribution in [0.2, 0.25) is 0 Å². The molecule has 0 unspecified atom stereocenters. The number of rotatable bonds is 5. The van der Waals surface area contributed by atoms with Crippen LogP contribution in [0.1, 0.15) is 30.9 Å². The number of aliphatic hydroxyl groups excluding tert-OH is 1. The van der Waals surface area contributed by atoms with E-state index in [1.165, 1.54) is 10.2 Å². The van der Waals surface area contributed by atoms with E-state index in [4.69, 9.17) is 4.74 Å². The molecule has 25 heavy (non-hydrogen) atoms. The molecule has 0 amide bonds. The van der Waals surface area contributed by atoms with Gasteiger partial charge in [-0.3, -0.25) is 0 Å². The number of fused-ring (bicyclic) bond motifs is 1. The number of benzene rings is 2. The highest BCUT2D eigenvalue weighted by Crippen LogP contribution is 2.29. The van der Waals surface area contributed by atoms with E-state index in [1.54, 1.807) is 37.4 Å². The first kappa shape index (κ1) is 17.5. The van der Waals surface area contributed by atoms with Gasteiger partial charge in [0.15, 0.2) is 0 Å². The summed E-state index contributed by atoms with van der Waals surface area (Å²) in [6.07, 6.45) is 1.47. The zero-order valence-corrected chi connectivity index (χ0v) is 15.2. The van der Waals surface area contributed by atoms with Crippen LogP contribution in [0, 0.1) is 0 Å². The number of ether oxygens (including phenoxy) is 1. The maximum atomic E-state index is 13.1. The van der Waals surface area contributed by atoms with Crippen molar-refractivity contribution in [1.82, 2.24) is 3.97 Å². The van der Waals surface area contributed by atoms with Crippen molar-refractivity contribution in [1.29, 1.82) is 0 Å². The van der Waals surface area contributed by atoms with Gasteiger partial charge >= 0.3 is 0 Å². The predicted molar refractivity (Wildman–Crippen MR) is 97.5 cm³/mol. The third kappa shape index (κ3) is 3.03. The maximum Gasteiger partial charge on any atom is 0.268 e. The summed E-state index contributed by atoms with van der Waals surface area (Å²) in [4.78, 5) is 0.217. The molecule has 1 N–H and O–H groups in total. The molecule has 0 radical (unpaired) electrons. The molecule has 0 aliphatic carbocycles. The highest BCUT2D eigenvalue weighted by Gasteiger charge is 2.21. The largest absolute Gasteiger partial charge is 0.497 e. The minimum Gasteiger partial charge on any atom is -0.497 e. The Hall–Kier alpha value is -2.31. The van der Waals surface area contributed by atoms with Gasteiger partial charge in [-0.15, -0.1) is 0 Å². The standard InChI is InChI=1S/C19H21NO4S/c1-13(2)14-4-7-17(8-5-14)25(22,23)20-11-15(12-21)18-10-16(24-3)6-9-19(18)20/h4-11,13,21H,12H2,1-3H3. The van der Waals surface area contributed by atoms with Crippen molar-refractivity contribution < 1.29 is 18.3 Å². The summed E-state index contributed by atoms with van der Waals surface area (Å²) in [5.74, 6) is 0.941. The van der Waals surface area contributed by atoms with Crippen LogP contribution in [-0.2, 0) is 16.6 Å². The zero-order valence-electron chi connectivity index (χ0n) is 14.4. The number of hydrogen-bond donors (Lipinski definition) is 1. The SMILES string of the molecule is COc1ccc2c(c1)c(CO)cn2S(=O)(=O)c1ccc(C(C)C)cc1. The van der Waals surface area contributed by atoms with E-state index < -0.39 is 10.0 Å². The summed E-state index contributed by atoms with van der Waals surface area (Å²) in [5, 5.41) is 10.3. The average molecular weight is 359 g/mol. The third-order valence-electron chi connectivity index (χ3n) is 4.33. The second kappa shape index (κ2) is 6.54. The Kier molecular flexibility index (Phi) is 4.58. The Morgan fingerprint density at radius 1 is 1.12 bits per heavy atom. The predicted octanol–water partition coefficient (Wildman–Crippen LogP) is 3.50. The van der Waals surface area contributed by atoms with E-state index in [9.17, 15) is 13.5 Å². The van der Waals surface area contributed by atoms with E-state index in [2.05, 4.69) is 13.8 Å². The van der Waals surface area contributed by atoms with Crippen LogP contribution in [-0.4, -0.2) is 24.6 Å². The smallest absolute Gasteiger partial charge is 0.268 e. The van der Waals surface area contributed by atoms with E-state index in [0.717, 1.165) is 5.56 Å². The van der Waals surface area contributed by atoms with Crippen LogP contribution >= 0.6 is 0 Å². The minimum atomic E-state index is -3.75. The molecule has 1 aromatic heterocycles. The molecule has 0 atom stereocenters. The Morgan fingerprint density at radius 3 is 2.36 bits per heavy atom. The monoisotopic (exact) mass is 359 g/mol. The lowest BCUT2D eigenvalue weighted by atomic mass is 10.0. The highest BCUT2D eigenvalue weighted by molar-refractivity contribution is 7.90. The highest BCUT2D eigenvalue weighted by atomic mass is 32.2. The Morgan fingerprint density at radius 2 is 1.80 bits per heavy atom. The van der Waals surface area contributed by atoms with Gasteiger partial charge in [0.05, 0.1) is 24.1 Å². The van der Waals surface area contributed by atoms with Gasteiger partial charge in [-0.05, 0) is 41.8 Å². The minimum absolute atomic E-state index is 0.217. The molecule has 0 aliphatic rings. The van der Waals surface area contributed by atoms with Crippen LogP contribution in [0.4, 0.5) is 0 Å². The molecule has 3 aromatic rings. The Bertz CT molecular complexity index is 1000. The summed E-state index contributed by atoms with van der Waals surface area (Å²) in [5.41, 5.74) is 2.13. The van der Waals surface area contributed by atoms with Gasteiger partial charge in [0, 0.05) is 17.1 Å². The molecule has 6 heteroatoms. The molecular weight excluding hydrogens is 338 g/mol. The number of hydrogen-bond acceptors (Lipinski definition) is 4. The van der Waals surface area contributed by atoms with Crippen LogP contribution in [0.5, 0.6) is 5.75 Å². The average Bonchev–Trinajstić information content (AvgIpc) is 3.00. The lowest BCUT2D eigenvalue weighted by Crippen LogP contribution is -2.12. The summed E-state index contributed by atoms with van der Waals surface area (Å²) < 4.78 is 32.5. The van der Waals surface area contributed by atoms with Crippen molar-refractivity contribution in [2.45, 2.75) is 31.3 Å². The number of aromatic nitrogens is 1. The van der Waals surface area contributed by atoms with E-state index in [0.29, 0.717) is 28.1 Å². The molecule has 1 heterocycles. The molecule has 0 fully saturated rings. The van der Waals surface area contributed by atoms with Crippen molar-refractivity contribution in [2.75, 3.05) is 7.11 Å². The summed E-state index contributed by atoms with van der Waals surface area (Å²) in [6, 6.07) is 12.0. The molecule has 5 nitrogen and oxygen atoms in total. The van der Waals surface area contributed by atoms with Gasteiger partial charge in [-0.25, -0.2) is 12.4 Å². The van der Waals surface area contributed by atoms with Gasteiger partial charge < -0.3 is 9.84 Å². The first-order valence-corrected chi connectivity index (χ1v) is 9.47. The fourth-order valence-electron chi connectivity index (χ4n) is 2.84. The third-order valence-corrected chi connectivity index (χ3v) is 6.02. The molecule has 0 saturated heterocycles. The molecule has 0 bridgehead atoms. The number of nitrogens with zero attached hydrogens (tertiary/aromatic N) is 1. The van der Waals surface area contributed by atoms with Crippen molar-refractivity contribution in [3.63, 3.8) is 0 Å². The number of aliphatic hydroxyl groups is 1. The Labute approximate surface area is 147 Å². The summed E-state index contributed by atoms with van der Waals surface area (Å²) in [6.45, 7) is 3.87. The zero-order chi connectivity index (χ0) is 18.2. The summed E-state index contributed by atoms with van der Waals surface area (Å²) >= 11 is 0. The van der Waals surface area contributed by atoms with Gasteiger partial charge in [0.2, 0.25) is 0 Å². The quantitative estimate of drug-likeness (QED) is 0.757. The van der Waals surface area contributed by atoms with Crippen LogP contribution < -0.4 is 4.74 Å². The second-order valence-corrected chi connectivity index (χ2v) is 8.04. The molecular formula is C19H21NO4S.